The minimum atomic E-state index is -2.62. The molecule has 0 nitrogen and oxygen atoms in total. The Morgan fingerprint density at radius 2 is 1.00 bits per heavy atom. The normalized spacial score (nSPS) is 13.7. The highest BCUT2D eigenvalue weighted by atomic mass is 28.3. The number of allylic oxidation sites excluding steroid dienone is 4. The van der Waals surface area contributed by atoms with Gasteiger partial charge in [0.2, 0.25) is 0 Å². The van der Waals surface area contributed by atoms with E-state index in [0.29, 0.717) is 17.8 Å². The third kappa shape index (κ3) is 5.45. The molecule has 0 N–H and O–H groups in total. The average Bonchev–Trinajstić information content (AvgIpc) is 3.42. The largest absolute Gasteiger partial charge is 0.176 e. The summed E-state index contributed by atoms with van der Waals surface area (Å²) in [5.41, 5.74) is 7.15. The van der Waals surface area contributed by atoms with Crippen LogP contribution >= 0.6 is 0 Å². The van der Waals surface area contributed by atoms with Crippen molar-refractivity contribution in [3.8, 4) is 0 Å². The van der Waals surface area contributed by atoms with Crippen LogP contribution in [0.15, 0.2) is 126 Å². The molecule has 5 rings (SSSR count). The fraction of sp³-hybridized carbons (Fsp3) is 0.282. The Balaban J connectivity index is 1.90. The SMILES string of the molecule is CC(C)c1cccc([Si](C2=C(Cc3ccccc3)C=CC2)(c2cccc(C(C)C)c2)c2cccc(C(C)C)c2)c1. The second-order valence-corrected chi connectivity index (χ2v) is 16.2. The molecule has 40 heavy (non-hydrogen) atoms. The van der Waals surface area contributed by atoms with Crippen molar-refractivity contribution in [2.45, 2.75) is 72.1 Å². The van der Waals surface area contributed by atoms with Crippen LogP contribution in [0.1, 0.15) is 88.0 Å². The van der Waals surface area contributed by atoms with E-state index in [-0.39, 0.29) is 0 Å². The first kappa shape index (κ1) is 28.1. The van der Waals surface area contributed by atoms with Gasteiger partial charge in [0.15, 0.2) is 8.07 Å². The molecule has 1 heteroatoms. The van der Waals surface area contributed by atoms with E-state index in [4.69, 9.17) is 0 Å². The lowest BCUT2D eigenvalue weighted by Gasteiger charge is -2.38. The van der Waals surface area contributed by atoms with Crippen molar-refractivity contribution in [2.24, 2.45) is 0 Å². The van der Waals surface area contributed by atoms with Gasteiger partial charge in [-0.15, -0.1) is 0 Å². The van der Waals surface area contributed by atoms with E-state index in [0.717, 1.165) is 12.8 Å². The van der Waals surface area contributed by atoms with Gasteiger partial charge in [0, 0.05) is 0 Å². The standard InChI is InChI=1S/C39H44Si/c1-28(2)32-16-10-20-36(25-32)40(37-21-11-17-33(26-37)29(3)4,38-22-12-18-34(27-38)30(5)6)39-23-13-19-35(39)24-31-14-8-7-9-15-31/h7-22,25-30H,23-24H2,1-6H3. The molecule has 0 atom stereocenters. The summed E-state index contributed by atoms with van der Waals surface area (Å²) < 4.78 is 0. The minimum absolute atomic E-state index is 0.482. The van der Waals surface area contributed by atoms with Crippen molar-refractivity contribution in [1.82, 2.24) is 0 Å². The molecule has 0 spiro atoms. The summed E-state index contributed by atoms with van der Waals surface area (Å²) in [5, 5.41) is 6.15. The maximum atomic E-state index is 2.55. The first-order valence-corrected chi connectivity index (χ1v) is 17.0. The van der Waals surface area contributed by atoms with Crippen molar-refractivity contribution in [3.63, 3.8) is 0 Å². The van der Waals surface area contributed by atoms with Crippen LogP contribution < -0.4 is 15.6 Å². The molecule has 1 aliphatic rings. The molecule has 0 aromatic heterocycles. The average molecular weight is 541 g/mol. The molecule has 0 bridgehead atoms. The van der Waals surface area contributed by atoms with Crippen molar-refractivity contribution in [3.05, 3.63) is 148 Å². The lowest BCUT2D eigenvalue weighted by molar-refractivity contribution is 0.867. The molecule has 0 saturated heterocycles. The van der Waals surface area contributed by atoms with Gasteiger partial charge in [0.25, 0.3) is 0 Å². The lowest BCUT2D eigenvalue weighted by Crippen LogP contribution is -2.69. The summed E-state index contributed by atoms with van der Waals surface area (Å²) in [6, 6.07) is 39.8. The minimum Gasteiger partial charge on any atom is -0.0805 e. The van der Waals surface area contributed by atoms with Crippen LogP contribution in [0.4, 0.5) is 0 Å². The maximum absolute atomic E-state index is 2.62. The van der Waals surface area contributed by atoms with Crippen LogP contribution in [-0.4, -0.2) is 8.07 Å². The zero-order valence-corrected chi connectivity index (χ0v) is 26.1. The molecule has 0 amide bonds. The van der Waals surface area contributed by atoms with Gasteiger partial charge in [0.05, 0.1) is 0 Å². The molecule has 0 fully saturated rings. The van der Waals surface area contributed by atoms with Crippen LogP contribution in [0, 0.1) is 0 Å². The molecule has 0 aliphatic heterocycles. The van der Waals surface area contributed by atoms with E-state index >= 15 is 0 Å². The molecule has 0 radical (unpaired) electrons. The zero-order chi connectivity index (χ0) is 28.3. The van der Waals surface area contributed by atoms with Crippen LogP contribution in [0.25, 0.3) is 0 Å². The van der Waals surface area contributed by atoms with Crippen molar-refractivity contribution in [1.29, 1.82) is 0 Å². The quantitative estimate of drug-likeness (QED) is 0.147. The van der Waals surface area contributed by atoms with E-state index in [1.165, 1.54) is 43.4 Å². The highest BCUT2D eigenvalue weighted by Gasteiger charge is 2.45. The second kappa shape index (κ2) is 12.0. The Labute approximate surface area is 243 Å². The third-order valence-corrected chi connectivity index (χ3v) is 13.6. The number of hydrogen-bond donors (Lipinski definition) is 0. The summed E-state index contributed by atoms with van der Waals surface area (Å²) >= 11 is 0. The number of benzene rings is 4. The summed E-state index contributed by atoms with van der Waals surface area (Å²) in [6.45, 7) is 13.9. The van der Waals surface area contributed by atoms with Crippen LogP contribution in [0.2, 0.25) is 0 Å². The third-order valence-electron chi connectivity index (χ3n) is 8.68. The van der Waals surface area contributed by atoms with Gasteiger partial charge >= 0.3 is 0 Å². The molecule has 204 valence electrons. The highest BCUT2D eigenvalue weighted by Crippen LogP contribution is 2.32. The smallest absolute Gasteiger partial charge is 0.0805 e. The van der Waals surface area contributed by atoms with Gasteiger partial charge in [-0.3, -0.25) is 0 Å². The van der Waals surface area contributed by atoms with E-state index in [2.05, 4.69) is 157 Å². The summed E-state index contributed by atoms with van der Waals surface area (Å²) in [6.07, 6.45) is 6.83. The molecule has 0 heterocycles. The molecular weight excluding hydrogens is 497 g/mol. The molecule has 1 aliphatic carbocycles. The lowest BCUT2D eigenvalue weighted by atomic mass is 10.0. The van der Waals surface area contributed by atoms with Crippen molar-refractivity contribution >= 4 is 23.6 Å². The molecule has 4 aromatic carbocycles. The highest BCUT2D eigenvalue weighted by molar-refractivity contribution is 7.16. The van der Waals surface area contributed by atoms with Crippen molar-refractivity contribution in [2.75, 3.05) is 0 Å². The first-order chi connectivity index (χ1) is 19.3. The number of hydrogen-bond acceptors (Lipinski definition) is 0. The van der Waals surface area contributed by atoms with E-state index in [1.54, 1.807) is 5.20 Å². The van der Waals surface area contributed by atoms with E-state index in [1.807, 2.05) is 0 Å². The fourth-order valence-corrected chi connectivity index (χ4v) is 11.7. The van der Waals surface area contributed by atoms with Crippen LogP contribution in [0.3, 0.4) is 0 Å². The van der Waals surface area contributed by atoms with Crippen molar-refractivity contribution < 1.29 is 0 Å². The summed E-state index contributed by atoms with van der Waals surface area (Å²) in [7, 11) is -2.62. The second-order valence-electron chi connectivity index (χ2n) is 12.4. The Kier molecular flexibility index (Phi) is 8.42. The van der Waals surface area contributed by atoms with E-state index < -0.39 is 8.07 Å². The Morgan fingerprint density at radius 3 is 1.43 bits per heavy atom. The Bertz CT molecular complexity index is 1390. The van der Waals surface area contributed by atoms with Gasteiger partial charge < -0.3 is 0 Å². The van der Waals surface area contributed by atoms with Crippen LogP contribution in [0.5, 0.6) is 0 Å². The number of rotatable bonds is 9. The molecule has 0 unspecified atom stereocenters. The maximum Gasteiger partial charge on any atom is 0.176 e. The molecular formula is C39H44Si. The molecule has 4 aromatic rings. The van der Waals surface area contributed by atoms with Gasteiger partial charge in [-0.1, -0.05) is 162 Å². The predicted octanol–water partition coefficient (Wildman–Crippen LogP) is 8.57. The van der Waals surface area contributed by atoms with E-state index in [9.17, 15) is 0 Å². The Morgan fingerprint density at radius 1 is 0.550 bits per heavy atom. The molecule has 0 saturated carbocycles. The Hall–Kier alpha value is -3.42. The topological polar surface area (TPSA) is 0 Å². The fourth-order valence-electron chi connectivity index (χ4n) is 6.34. The monoisotopic (exact) mass is 540 g/mol. The summed E-state index contributed by atoms with van der Waals surface area (Å²) in [5.74, 6) is 1.44. The van der Waals surface area contributed by atoms with Crippen LogP contribution in [-0.2, 0) is 6.42 Å². The zero-order valence-electron chi connectivity index (χ0n) is 25.1. The van der Waals surface area contributed by atoms with Gasteiger partial charge in [0.1, 0.15) is 0 Å². The summed E-state index contributed by atoms with van der Waals surface area (Å²) in [4.78, 5) is 0. The van der Waals surface area contributed by atoms with Gasteiger partial charge in [-0.25, -0.2) is 0 Å². The predicted molar refractivity (Wildman–Crippen MR) is 177 cm³/mol. The first-order valence-electron chi connectivity index (χ1n) is 15.0. The van der Waals surface area contributed by atoms with Gasteiger partial charge in [-0.2, -0.15) is 0 Å². The van der Waals surface area contributed by atoms with Gasteiger partial charge in [-0.05, 0) is 74.0 Å².